The standard InChI is InChI=1S/C21H24N4OS/c1-14-5-2-3-7-16(14)25-11-9-24(10-12-25)13-18-22-20(26)19-15-6-4-8-17(15)27-21(19)23-18/h2-3,5,7H,4,6,8-13H2,1H3,(H,22,23,26)/p+1. The molecule has 1 aliphatic heterocycles. The van der Waals surface area contributed by atoms with E-state index < -0.39 is 0 Å². The van der Waals surface area contributed by atoms with Gasteiger partial charge >= 0.3 is 0 Å². The first-order chi connectivity index (χ1) is 13.2. The van der Waals surface area contributed by atoms with Crippen molar-refractivity contribution in [3.63, 3.8) is 0 Å². The number of nitrogens with zero attached hydrogens (tertiary/aromatic N) is 2. The number of fused-ring (bicyclic) bond motifs is 3. The fourth-order valence-corrected chi connectivity index (χ4v) is 5.81. The van der Waals surface area contributed by atoms with Gasteiger partial charge in [-0.25, -0.2) is 4.98 Å². The number of piperazine rings is 1. The van der Waals surface area contributed by atoms with Gasteiger partial charge in [-0.1, -0.05) is 18.2 Å². The van der Waals surface area contributed by atoms with Gasteiger partial charge < -0.3 is 14.8 Å². The number of aryl methyl sites for hydroxylation is 3. The summed E-state index contributed by atoms with van der Waals surface area (Å²) in [4.78, 5) is 26.8. The maximum Gasteiger partial charge on any atom is 0.260 e. The van der Waals surface area contributed by atoms with Crippen LogP contribution >= 0.6 is 11.3 Å². The Bertz CT molecular complexity index is 1050. The zero-order valence-corrected chi connectivity index (χ0v) is 16.5. The van der Waals surface area contributed by atoms with Crippen LogP contribution < -0.4 is 15.4 Å². The molecule has 0 spiro atoms. The first kappa shape index (κ1) is 17.0. The van der Waals surface area contributed by atoms with Gasteiger partial charge in [-0.05, 0) is 43.4 Å². The molecule has 3 aromatic rings. The molecule has 0 unspecified atom stereocenters. The maximum atomic E-state index is 12.6. The predicted octanol–water partition coefficient (Wildman–Crippen LogP) is 1.69. The van der Waals surface area contributed by atoms with Crippen molar-refractivity contribution in [2.24, 2.45) is 0 Å². The molecule has 0 saturated carbocycles. The number of hydrogen-bond acceptors (Lipinski definition) is 4. The Morgan fingerprint density at radius 3 is 2.85 bits per heavy atom. The van der Waals surface area contributed by atoms with Crippen molar-refractivity contribution < 1.29 is 4.90 Å². The molecular weight excluding hydrogens is 356 g/mol. The van der Waals surface area contributed by atoms with E-state index in [1.54, 1.807) is 11.3 Å². The van der Waals surface area contributed by atoms with Crippen molar-refractivity contribution in [1.29, 1.82) is 0 Å². The highest BCUT2D eigenvalue weighted by Crippen LogP contribution is 2.34. The minimum atomic E-state index is 0.0624. The van der Waals surface area contributed by atoms with Crippen molar-refractivity contribution in [1.82, 2.24) is 9.97 Å². The minimum absolute atomic E-state index is 0.0624. The zero-order valence-electron chi connectivity index (χ0n) is 15.7. The minimum Gasteiger partial charge on any atom is -0.360 e. The van der Waals surface area contributed by atoms with E-state index >= 15 is 0 Å². The lowest BCUT2D eigenvalue weighted by Gasteiger charge is -2.34. The molecule has 27 heavy (non-hydrogen) atoms. The first-order valence-corrected chi connectivity index (χ1v) is 10.7. The molecule has 140 valence electrons. The molecule has 0 amide bonds. The van der Waals surface area contributed by atoms with Crippen LogP contribution in [0.3, 0.4) is 0 Å². The predicted molar refractivity (Wildman–Crippen MR) is 110 cm³/mol. The van der Waals surface area contributed by atoms with Gasteiger partial charge in [-0.2, -0.15) is 0 Å². The zero-order chi connectivity index (χ0) is 18.4. The summed E-state index contributed by atoms with van der Waals surface area (Å²) >= 11 is 1.73. The van der Waals surface area contributed by atoms with Crippen molar-refractivity contribution in [3.8, 4) is 0 Å². The molecular formula is C21H25N4OS+. The third-order valence-corrected chi connectivity index (χ3v) is 7.15. The Hall–Kier alpha value is -2.18. The van der Waals surface area contributed by atoms with Crippen molar-refractivity contribution in [2.75, 3.05) is 31.1 Å². The van der Waals surface area contributed by atoms with E-state index in [4.69, 9.17) is 4.98 Å². The van der Waals surface area contributed by atoms with Crippen LogP contribution in [-0.2, 0) is 19.4 Å². The molecule has 2 aromatic heterocycles. The fraction of sp³-hybridized carbons (Fsp3) is 0.429. The van der Waals surface area contributed by atoms with Gasteiger partial charge in [0.1, 0.15) is 11.4 Å². The molecule has 5 rings (SSSR count). The van der Waals surface area contributed by atoms with Crippen LogP contribution in [-0.4, -0.2) is 36.1 Å². The normalized spacial score (nSPS) is 17.6. The second-order valence-corrected chi connectivity index (χ2v) is 8.83. The molecule has 0 radical (unpaired) electrons. The first-order valence-electron chi connectivity index (χ1n) is 9.86. The second kappa shape index (κ2) is 6.77. The summed E-state index contributed by atoms with van der Waals surface area (Å²) in [5, 5.41) is 0.857. The number of aromatic nitrogens is 2. The van der Waals surface area contributed by atoms with Crippen molar-refractivity contribution in [3.05, 3.63) is 56.4 Å². The molecule has 1 fully saturated rings. The monoisotopic (exact) mass is 381 g/mol. The fourth-order valence-electron chi connectivity index (χ4n) is 4.53. The summed E-state index contributed by atoms with van der Waals surface area (Å²) in [6, 6.07) is 8.60. The summed E-state index contributed by atoms with van der Waals surface area (Å²) in [5.41, 5.74) is 4.00. The van der Waals surface area contributed by atoms with E-state index in [1.165, 1.54) is 33.0 Å². The molecule has 3 heterocycles. The van der Waals surface area contributed by atoms with Gasteiger partial charge in [0.25, 0.3) is 5.56 Å². The molecule has 1 aliphatic carbocycles. The number of aromatic amines is 1. The Balaban J connectivity index is 1.31. The number of anilines is 1. The SMILES string of the molecule is Cc1ccccc1N1CC[NH+](Cc2nc3sc4c(c3c(=O)[nH]2)CCC4)CC1. The van der Waals surface area contributed by atoms with Gasteiger partial charge in [-0.3, -0.25) is 4.79 Å². The summed E-state index contributed by atoms with van der Waals surface area (Å²) in [7, 11) is 0. The van der Waals surface area contributed by atoms with Crippen LogP contribution in [0, 0.1) is 6.92 Å². The Morgan fingerprint density at radius 1 is 1.22 bits per heavy atom. The van der Waals surface area contributed by atoms with Crippen LogP contribution in [0.4, 0.5) is 5.69 Å². The second-order valence-electron chi connectivity index (χ2n) is 7.75. The Labute approximate surface area is 162 Å². The number of hydrogen-bond donors (Lipinski definition) is 2. The Kier molecular flexibility index (Phi) is 4.25. The largest absolute Gasteiger partial charge is 0.360 e. The van der Waals surface area contributed by atoms with E-state index in [2.05, 4.69) is 41.1 Å². The molecule has 0 atom stereocenters. The summed E-state index contributed by atoms with van der Waals surface area (Å²) in [5.74, 6) is 0.840. The van der Waals surface area contributed by atoms with Gasteiger partial charge in [0.05, 0.1) is 31.6 Å². The highest BCUT2D eigenvalue weighted by Gasteiger charge is 2.24. The van der Waals surface area contributed by atoms with E-state index in [9.17, 15) is 4.79 Å². The smallest absolute Gasteiger partial charge is 0.260 e. The maximum absolute atomic E-state index is 12.6. The third kappa shape index (κ3) is 3.07. The summed E-state index contributed by atoms with van der Waals surface area (Å²) in [6.07, 6.45) is 3.32. The number of thiophene rings is 1. The van der Waals surface area contributed by atoms with E-state index in [1.807, 2.05) is 0 Å². The van der Waals surface area contributed by atoms with Gasteiger partial charge in [0, 0.05) is 10.6 Å². The van der Waals surface area contributed by atoms with Crippen LogP contribution in [0.25, 0.3) is 10.2 Å². The number of quaternary nitrogens is 1. The van der Waals surface area contributed by atoms with Crippen LogP contribution in [0.15, 0.2) is 29.1 Å². The van der Waals surface area contributed by atoms with Crippen LogP contribution in [0.5, 0.6) is 0 Å². The number of para-hydroxylation sites is 1. The topological polar surface area (TPSA) is 53.4 Å². The van der Waals surface area contributed by atoms with Crippen LogP contribution in [0.1, 0.15) is 28.2 Å². The molecule has 2 N–H and O–H groups in total. The molecule has 1 aromatic carbocycles. The molecule has 6 heteroatoms. The molecule has 5 nitrogen and oxygen atoms in total. The highest BCUT2D eigenvalue weighted by atomic mass is 32.1. The van der Waals surface area contributed by atoms with E-state index in [0.717, 1.165) is 61.6 Å². The molecule has 2 aliphatic rings. The average Bonchev–Trinajstić information content (AvgIpc) is 3.23. The van der Waals surface area contributed by atoms with E-state index in [0.29, 0.717) is 0 Å². The number of rotatable bonds is 3. The van der Waals surface area contributed by atoms with Crippen molar-refractivity contribution in [2.45, 2.75) is 32.7 Å². The lowest BCUT2D eigenvalue weighted by molar-refractivity contribution is -0.915. The van der Waals surface area contributed by atoms with Crippen LogP contribution in [0.2, 0.25) is 0 Å². The van der Waals surface area contributed by atoms with E-state index in [-0.39, 0.29) is 5.56 Å². The van der Waals surface area contributed by atoms with Crippen molar-refractivity contribution >= 4 is 27.2 Å². The van der Waals surface area contributed by atoms with Gasteiger partial charge in [-0.15, -0.1) is 11.3 Å². The van der Waals surface area contributed by atoms with Gasteiger partial charge in [0.15, 0.2) is 5.82 Å². The van der Waals surface area contributed by atoms with Gasteiger partial charge in [0.2, 0.25) is 0 Å². The number of H-pyrrole nitrogens is 1. The molecule has 1 saturated heterocycles. The summed E-state index contributed by atoms with van der Waals surface area (Å²) in [6.45, 7) is 7.19. The number of benzene rings is 1. The lowest BCUT2D eigenvalue weighted by atomic mass is 10.1. The lowest BCUT2D eigenvalue weighted by Crippen LogP contribution is -3.13. The highest BCUT2D eigenvalue weighted by molar-refractivity contribution is 7.18. The number of nitrogens with one attached hydrogen (secondary N) is 2. The Morgan fingerprint density at radius 2 is 2.04 bits per heavy atom. The summed E-state index contributed by atoms with van der Waals surface area (Å²) < 4.78 is 0. The molecule has 0 bridgehead atoms. The quantitative estimate of drug-likeness (QED) is 0.726. The third-order valence-electron chi connectivity index (χ3n) is 5.97. The average molecular weight is 382 g/mol.